The fourth-order valence-electron chi connectivity index (χ4n) is 2.65. The van der Waals surface area contributed by atoms with Gasteiger partial charge in [-0.25, -0.2) is 9.78 Å². The Morgan fingerprint density at radius 1 is 1.68 bits per heavy atom. The van der Waals surface area contributed by atoms with Crippen LogP contribution < -0.4 is 5.32 Å². The maximum atomic E-state index is 12.1. The lowest BCUT2D eigenvalue weighted by molar-refractivity contribution is 0.104. The van der Waals surface area contributed by atoms with E-state index in [9.17, 15) is 4.79 Å². The van der Waals surface area contributed by atoms with Gasteiger partial charge in [-0.3, -0.25) is 5.32 Å². The Hall–Kier alpha value is -1.14. The number of piperidine rings is 1. The number of anilines is 1. The fraction of sp³-hybridized carbons (Fsp3) is 0.692. The predicted molar refractivity (Wildman–Crippen MR) is 78.6 cm³/mol. The van der Waals surface area contributed by atoms with Crippen molar-refractivity contribution in [1.29, 1.82) is 0 Å². The molecule has 2 rings (SSSR count). The topological polar surface area (TPSA) is 48.5 Å². The quantitative estimate of drug-likeness (QED) is 0.926. The molecule has 1 saturated heterocycles. The van der Waals surface area contributed by atoms with Crippen molar-refractivity contribution in [2.75, 3.05) is 25.5 Å². The molecule has 2 heterocycles. The number of hydrogen-bond acceptors (Lipinski definition) is 4. The summed E-state index contributed by atoms with van der Waals surface area (Å²) >= 11 is 1.44. The lowest BCUT2D eigenvalue weighted by Crippen LogP contribution is -2.50. The van der Waals surface area contributed by atoms with E-state index in [1.165, 1.54) is 11.3 Å². The summed E-state index contributed by atoms with van der Waals surface area (Å²) in [4.78, 5) is 20.5. The van der Waals surface area contributed by atoms with Crippen LogP contribution in [0.2, 0.25) is 0 Å². The third kappa shape index (κ3) is 3.45. The Labute approximate surface area is 118 Å². The van der Waals surface area contributed by atoms with Gasteiger partial charge in [-0.2, -0.15) is 0 Å². The van der Waals surface area contributed by atoms with Gasteiger partial charge in [0, 0.05) is 37.3 Å². The standard InChI is InChI=1S/C13H22N4OS/c1-4-17-7-5-11(9-10(17)2)16(3)13(18)15-12-14-6-8-19-12/h6,8,10-11H,4-5,7,9H2,1-3H3,(H,14,15,18). The van der Waals surface area contributed by atoms with Gasteiger partial charge < -0.3 is 9.80 Å². The zero-order valence-corrected chi connectivity index (χ0v) is 12.6. The molecule has 2 amide bonds. The normalized spacial score (nSPS) is 24.2. The van der Waals surface area contributed by atoms with E-state index in [2.05, 4.69) is 29.0 Å². The number of urea groups is 1. The van der Waals surface area contributed by atoms with Gasteiger partial charge in [-0.05, 0) is 26.3 Å². The molecule has 2 unspecified atom stereocenters. The Morgan fingerprint density at radius 3 is 3.05 bits per heavy atom. The van der Waals surface area contributed by atoms with Gasteiger partial charge in [-0.15, -0.1) is 11.3 Å². The van der Waals surface area contributed by atoms with E-state index in [1.54, 1.807) is 6.20 Å². The molecule has 19 heavy (non-hydrogen) atoms. The summed E-state index contributed by atoms with van der Waals surface area (Å²) in [5.74, 6) is 0. The van der Waals surface area contributed by atoms with Crippen LogP contribution in [0, 0.1) is 0 Å². The summed E-state index contributed by atoms with van der Waals surface area (Å²) < 4.78 is 0. The van der Waals surface area contributed by atoms with Crippen LogP contribution in [0.15, 0.2) is 11.6 Å². The van der Waals surface area contributed by atoms with Gasteiger partial charge in [0.25, 0.3) is 0 Å². The Bertz CT molecular complexity index is 409. The lowest BCUT2D eigenvalue weighted by atomic mass is 9.97. The van der Waals surface area contributed by atoms with Gasteiger partial charge in [0.05, 0.1) is 0 Å². The molecule has 0 saturated carbocycles. The highest BCUT2D eigenvalue weighted by atomic mass is 32.1. The van der Waals surface area contributed by atoms with Crippen molar-refractivity contribution in [2.24, 2.45) is 0 Å². The van der Waals surface area contributed by atoms with Crippen LogP contribution in [0.25, 0.3) is 0 Å². The average molecular weight is 282 g/mol. The van der Waals surface area contributed by atoms with E-state index in [0.29, 0.717) is 17.2 Å². The molecule has 1 aliphatic heterocycles. The number of rotatable bonds is 3. The van der Waals surface area contributed by atoms with Crippen LogP contribution in [0.3, 0.4) is 0 Å². The van der Waals surface area contributed by atoms with E-state index in [1.807, 2.05) is 17.3 Å². The fourth-order valence-corrected chi connectivity index (χ4v) is 3.17. The monoisotopic (exact) mass is 282 g/mol. The van der Waals surface area contributed by atoms with E-state index in [-0.39, 0.29) is 6.03 Å². The number of nitrogens with one attached hydrogen (secondary N) is 1. The van der Waals surface area contributed by atoms with Crippen molar-refractivity contribution in [3.8, 4) is 0 Å². The first-order valence-electron chi connectivity index (χ1n) is 6.79. The minimum Gasteiger partial charge on any atom is -0.324 e. The molecule has 2 atom stereocenters. The van der Waals surface area contributed by atoms with Crippen LogP contribution in [0.5, 0.6) is 0 Å². The molecule has 0 radical (unpaired) electrons. The minimum absolute atomic E-state index is 0.0582. The summed E-state index contributed by atoms with van der Waals surface area (Å²) in [5.41, 5.74) is 0. The average Bonchev–Trinajstić information content (AvgIpc) is 2.90. The minimum atomic E-state index is -0.0582. The van der Waals surface area contributed by atoms with Crippen LogP contribution >= 0.6 is 11.3 Å². The van der Waals surface area contributed by atoms with Crippen LogP contribution in [0.1, 0.15) is 26.7 Å². The largest absolute Gasteiger partial charge is 0.324 e. The molecule has 5 nitrogen and oxygen atoms in total. The predicted octanol–water partition coefficient (Wildman–Crippen LogP) is 2.48. The molecule has 1 fully saturated rings. The van der Waals surface area contributed by atoms with Crippen molar-refractivity contribution in [1.82, 2.24) is 14.8 Å². The number of carbonyl (C=O) groups is 1. The second-order valence-corrected chi connectivity index (χ2v) is 5.93. The molecule has 0 aromatic carbocycles. The summed E-state index contributed by atoms with van der Waals surface area (Å²) in [6.45, 7) is 6.58. The number of hydrogen-bond donors (Lipinski definition) is 1. The highest BCUT2D eigenvalue weighted by Gasteiger charge is 2.29. The van der Waals surface area contributed by atoms with Crippen molar-refractivity contribution in [3.05, 3.63) is 11.6 Å². The highest BCUT2D eigenvalue weighted by Crippen LogP contribution is 2.21. The molecular formula is C13H22N4OS. The zero-order valence-electron chi connectivity index (χ0n) is 11.8. The second-order valence-electron chi connectivity index (χ2n) is 5.03. The highest BCUT2D eigenvalue weighted by molar-refractivity contribution is 7.13. The molecule has 0 aliphatic carbocycles. The number of carbonyl (C=O) groups excluding carboxylic acids is 1. The zero-order chi connectivity index (χ0) is 13.8. The molecule has 1 N–H and O–H groups in total. The third-order valence-corrected chi connectivity index (χ3v) is 4.60. The van der Waals surface area contributed by atoms with Gasteiger partial charge in [0.15, 0.2) is 5.13 Å². The van der Waals surface area contributed by atoms with Crippen molar-refractivity contribution < 1.29 is 4.79 Å². The molecule has 106 valence electrons. The summed E-state index contributed by atoms with van der Waals surface area (Å²) in [6, 6.07) is 0.800. The number of aromatic nitrogens is 1. The SMILES string of the molecule is CCN1CCC(N(C)C(=O)Nc2nccs2)CC1C. The number of thiazole rings is 1. The Morgan fingerprint density at radius 2 is 2.47 bits per heavy atom. The summed E-state index contributed by atoms with van der Waals surface area (Å²) in [6.07, 6.45) is 3.78. The molecule has 0 spiro atoms. The maximum Gasteiger partial charge on any atom is 0.323 e. The first-order valence-corrected chi connectivity index (χ1v) is 7.67. The van der Waals surface area contributed by atoms with E-state index < -0.39 is 0 Å². The van der Waals surface area contributed by atoms with Crippen LogP contribution in [-0.2, 0) is 0 Å². The molecule has 1 aliphatic rings. The van der Waals surface area contributed by atoms with Crippen molar-refractivity contribution in [2.45, 2.75) is 38.8 Å². The maximum absolute atomic E-state index is 12.1. The molecule has 1 aromatic heterocycles. The van der Waals surface area contributed by atoms with Crippen molar-refractivity contribution >= 4 is 22.5 Å². The van der Waals surface area contributed by atoms with Crippen LogP contribution in [0.4, 0.5) is 9.93 Å². The molecule has 6 heteroatoms. The molecule has 1 aromatic rings. The van der Waals surface area contributed by atoms with Gasteiger partial charge >= 0.3 is 6.03 Å². The summed E-state index contributed by atoms with van der Waals surface area (Å²) in [7, 11) is 1.88. The number of likely N-dealkylation sites (tertiary alicyclic amines) is 1. The van der Waals surface area contributed by atoms with Crippen LogP contribution in [-0.4, -0.2) is 53.0 Å². The van der Waals surface area contributed by atoms with Gasteiger partial charge in [-0.1, -0.05) is 6.92 Å². The van der Waals surface area contributed by atoms with Gasteiger partial charge in [0.1, 0.15) is 0 Å². The van der Waals surface area contributed by atoms with Gasteiger partial charge in [0.2, 0.25) is 0 Å². The van der Waals surface area contributed by atoms with E-state index in [4.69, 9.17) is 0 Å². The van der Waals surface area contributed by atoms with Crippen molar-refractivity contribution in [3.63, 3.8) is 0 Å². The number of amides is 2. The Kier molecular flexibility index (Phi) is 4.76. The Balaban J connectivity index is 1.89. The van der Waals surface area contributed by atoms with E-state index in [0.717, 1.165) is 25.9 Å². The lowest BCUT2D eigenvalue weighted by Gasteiger charge is -2.40. The first-order chi connectivity index (χ1) is 9.11. The summed E-state index contributed by atoms with van der Waals surface area (Å²) in [5, 5.41) is 5.36. The molecule has 0 bridgehead atoms. The van der Waals surface area contributed by atoms with E-state index >= 15 is 0 Å². The smallest absolute Gasteiger partial charge is 0.323 e. The third-order valence-electron chi connectivity index (χ3n) is 3.91. The first kappa shape index (κ1) is 14.3. The molecular weight excluding hydrogens is 260 g/mol. The number of nitrogens with zero attached hydrogens (tertiary/aromatic N) is 3. The second kappa shape index (κ2) is 6.34.